The molecule has 34 heavy (non-hydrogen) atoms. The summed E-state index contributed by atoms with van der Waals surface area (Å²) in [5.74, 6) is 0.605. The summed E-state index contributed by atoms with van der Waals surface area (Å²) in [5, 5.41) is 0. The molecule has 3 aromatic rings. The Kier molecular flexibility index (Phi) is 5.31. The van der Waals surface area contributed by atoms with Crippen molar-refractivity contribution in [2.24, 2.45) is 0 Å². The number of nitrogens with zero attached hydrogens (tertiary/aromatic N) is 4. The average Bonchev–Trinajstić information content (AvgIpc) is 3.19. The van der Waals surface area contributed by atoms with Crippen molar-refractivity contribution in [3.8, 4) is 22.6 Å². The number of pyridine rings is 1. The van der Waals surface area contributed by atoms with E-state index in [0.29, 0.717) is 11.4 Å². The van der Waals surface area contributed by atoms with Gasteiger partial charge in [-0.05, 0) is 42.3 Å². The van der Waals surface area contributed by atoms with Crippen LogP contribution in [0.2, 0.25) is 0 Å². The molecule has 1 aromatic carbocycles. The summed E-state index contributed by atoms with van der Waals surface area (Å²) >= 11 is 0. The zero-order valence-electron chi connectivity index (χ0n) is 18.9. The number of rotatable bonds is 4. The van der Waals surface area contributed by atoms with Gasteiger partial charge in [-0.3, -0.25) is 14.7 Å². The van der Waals surface area contributed by atoms with Gasteiger partial charge in [-0.2, -0.15) is 0 Å². The molecular formula is C27H26N6O. The monoisotopic (exact) mass is 450 g/mol. The van der Waals surface area contributed by atoms with E-state index in [2.05, 4.69) is 49.0 Å². The maximum absolute atomic E-state index is 12.7. The molecule has 4 heterocycles. The van der Waals surface area contributed by atoms with Crippen molar-refractivity contribution in [3.63, 3.8) is 0 Å². The van der Waals surface area contributed by atoms with E-state index in [9.17, 15) is 4.79 Å². The minimum Gasteiger partial charge on any atom is -0.370 e. The van der Waals surface area contributed by atoms with E-state index in [4.69, 9.17) is 4.98 Å². The third kappa shape index (κ3) is 3.95. The summed E-state index contributed by atoms with van der Waals surface area (Å²) < 4.78 is 0. The van der Waals surface area contributed by atoms with Crippen LogP contribution in [0.1, 0.15) is 12.0 Å². The van der Waals surface area contributed by atoms with Gasteiger partial charge in [0.25, 0.3) is 5.56 Å². The van der Waals surface area contributed by atoms with Crippen molar-refractivity contribution in [3.05, 3.63) is 89.0 Å². The average molecular weight is 451 g/mol. The van der Waals surface area contributed by atoms with Gasteiger partial charge >= 0.3 is 0 Å². The van der Waals surface area contributed by atoms with Crippen molar-refractivity contribution < 1.29 is 0 Å². The number of benzene rings is 1. The first kappa shape index (κ1) is 20.6. The lowest BCUT2D eigenvalue weighted by Crippen LogP contribution is -2.30. The van der Waals surface area contributed by atoms with Crippen molar-refractivity contribution in [2.75, 3.05) is 31.1 Å². The number of hydrogen-bond acceptors (Lipinski definition) is 5. The predicted molar refractivity (Wildman–Crippen MR) is 135 cm³/mol. The highest BCUT2D eigenvalue weighted by molar-refractivity contribution is 5.87. The lowest BCUT2D eigenvalue weighted by molar-refractivity contribution is 0.285. The highest BCUT2D eigenvalue weighted by Crippen LogP contribution is 2.30. The second-order valence-corrected chi connectivity index (χ2v) is 8.83. The molecule has 0 spiro atoms. The summed E-state index contributed by atoms with van der Waals surface area (Å²) in [6.45, 7) is 4.99. The Morgan fingerprint density at radius 2 is 1.85 bits per heavy atom. The van der Waals surface area contributed by atoms with Gasteiger partial charge in [0.05, 0.1) is 16.6 Å². The van der Waals surface area contributed by atoms with Crippen LogP contribution in [0.3, 0.4) is 0 Å². The van der Waals surface area contributed by atoms with Crippen LogP contribution in [0.25, 0.3) is 33.7 Å². The minimum atomic E-state index is -0.123. The zero-order chi connectivity index (χ0) is 22.9. The van der Waals surface area contributed by atoms with Gasteiger partial charge in [-0.15, -0.1) is 0 Å². The van der Waals surface area contributed by atoms with Gasteiger partial charge in [0, 0.05) is 62.1 Å². The Hall–Kier alpha value is -3.97. The molecule has 1 fully saturated rings. The standard InChI is InChI=1S/C27H26N6O/c34-27-25(21-7-2-1-3-8-22(21)31-27)26-29-23-10-9-20(16-24(23)30-26)33-13-5-12-32(14-15-33)18-19-6-4-11-28-17-19/h1-4,6-11,16-17H,5,12-15,18H2,(H,29,30)(H,31,34). The smallest absolute Gasteiger partial charge is 0.260 e. The highest BCUT2D eigenvalue weighted by Gasteiger charge is 2.20. The molecule has 2 N–H and O–H groups in total. The molecule has 0 unspecified atom stereocenters. The third-order valence-corrected chi connectivity index (χ3v) is 6.57. The number of anilines is 1. The van der Waals surface area contributed by atoms with Gasteiger partial charge in [0.15, 0.2) is 0 Å². The van der Waals surface area contributed by atoms with Crippen molar-refractivity contribution in [1.29, 1.82) is 0 Å². The fourth-order valence-corrected chi connectivity index (χ4v) is 4.86. The molecule has 1 saturated heterocycles. The molecule has 1 aliphatic carbocycles. The van der Waals surface area contributed by atoms with E-state index < -0.39 is 0 Å². The molecule has 0 saturated carbocycles. The quantitative estimate of drug-likeness (QED) is 0.430. The second-order valence-electron chi connectivity index (χ2n) is 8.83. The minimum absolute atomic E-state index is 0.123. The number of hydrogen-bond donors (Lipinski definition) is 2. The number of H-pyrrole nitrogens is 2. The van der Waals surface area contributed by atoms with Crippen LogP contribution in [-0.2, 0) is 6.54 Å². The molecule has 7 nitrogen and oxygen atoms in total. The van der Waals surface area contributed by atoms with Crippen LogP contribution in [0.4, 0.5) is 5.69 Å². The van der Waals surface area contributed by atoms with Gasteiger partial charge < -0.3 is 14.9 Å². The molecule has 170 valence electrons. The maximum Gasteiger partial charge on any atom is 0.260 e. The van der Waals surface area contributed by atoms with E-state index in [1.807, 2.05) is 48.8 Å². The van der Waals surface area contributed by atoms with Crippen molar-refractivity contribution in [2.45, 2.75) is 13.0 Å². The van der Waals surface area contributed by atoms with Crippen LogP contribution in [0.15, 0.2) is 77.9 Å². The number of aromatic nitrogens is 4. The van der Waals surface area contributed by atoms with Crippen LogP contribution in [0, 0.1) is 0 Å². The molecule has 0 atom stereocenters. The Labute approximate surface area is 197 Å². The second kappa shape index (κ2) is 8.76. The van der Waals surface area contributed by atoms with Crippen molar-refractivity contribution in [1.82, 2.24) is 24.8 Å². The van der Waals surface area contributed by atoms with Crippen LogP contribution in [-0.4, -0.2) is 51.0 Å². The number of aromatic amines is 2. The van der Waals surface area contributed by atoms with E-state index in [1.165, 1.54) is 11.3 Å². The summed E-state index contributed by atoms with van der Waals surface area (Å²) in [6, 6.07) is 20.2. The van der Waals surface area contributed by atoms with Crippen LogP contribution >= 0.6 is 0 Å². The molecule has 0 amide bonds. The number of fused-ring (bicyclic) bond motifs is 2. The lowest BCUT2D eigenvalue weighted by Gasteiger charge is -2.23. The Balaban J connectivity index is 1.25. The molecule has 6 rings (SSSR count). The molecule has 2 aromatic heterocycles. The SMILES string of the molecule is O=c1[nH]c2cccccc-2c1-c1nc2cc(N3CCCN(Cc4cccnc4)CC3)ccc2[nH]1. The summed E-state index contributed by atoms with van der Waals surface area (Å²) in [6.07, 6.45) is 4.88. The zero-order valence-corrected chi connectivity index (χ0v) is 18.9. The first-order valence-electron chi connectivity index (χ1n) is 11.7. The van der Waals surface area contributed by atoms with E-state index in [0.717, 1.165) is 61.4 Å². The summed E-state index contributed by atoms with van der Waals surface area (Å²) in [5.41, 5.74) is 6.37. The Bertz CT molecular complexity index is 1460. The topological polar surface area (TPSA) is 80.9 Å². The molecule has 2 aliphatic heterocycles. The predicted octanol–water partition coefficient (Wildman–Crippen LogP) is 4.13. The van der Waals surface area contributed by atoms with Gasteiger partial charge in [0.1, 0.15) is 5.82 Å². The van der Waals surface area contributed by atoms with E-state index in [-0.39, 0.29) is 5.56 Å². The summed E-state index contributed by atoms with van der Waals surface area (Å²) in [7, 11) is 0. The van der Waals surface area contributed by atoms with Crippen LogP contribution < -0.4 is 10.5 Å². The van der Waals surface area contributed by atoms with Crippen molar-refractivity contribution >= 4 is 16.7 Å². The molecule has 7 heteroatoms. The van der Waals surface area contributed by atoms with Crippen LogP contribution in [0.5, 0.6) is 0 Å². The summed E-state index contributed by atoms with van der Waals surface area (Å²) in [4.78, 5) is 33.0. The normalized spacial score (nSPS) is 15.1. The Morgan fingerprint density at radius 1 is 0.912 bits per heavy atom. The van der Waals surface area contributed by atoms with E-state index in [1.54, 1.807) is 0 Å². The Morgan fingerprint density at radius 3 is 2.76 bits per heavy atom. The van der Waals surface area contributed by atoms with E-state index >= 15 is 0 Å². The molecule has 3 aliphatic rings. The first-order valence-corrected chi connectivity index (χ1v) is 11.7. The molecule has 0 radical (unpaired) electrons. The fraction of sp³-hybridized carbons (Fsp3) is 0.222. The first-order chi connectivity index (χ1) is 16.7. The maximum atomic E-state index is 12.7. The van der Waals surface area contributed by atoms with Gasteiger partial charge in [-0.25, -0.2) is 4.98 Å². The number of imidazole rings is 1. The fourth-order valence-electron chi connectivity index (χ4n) is 4.86. The molecule has 0 bridgehead atoms. The largest absolute Gasteiger partial charge is 0.370 e. The van der Waals surface area contributed by atoms with Gasteiger partial charge in [0.2, 0.25) is 0 Å². The highest BCUT2D eigenvalue weighted by atomic mass is 16.1. The van der Waals surface area contributed by atoms with Gasteiger partial charge in [-0.1, -0.05) is 30.3 Å². The lowest BCUT2D eigenvalue weighted by atomic mass is 10.1. The third-order valence-electron chi connectivity index (χ3n) is 6.57. The number of nitrogens with one attached hydrogen (secondary N) is 2. The molecular weight excluding hydrogens is 424 g/mol.